The maximum Gasteiger partial charge on any atom is 0.0230 e. The maximum absolute atomic E-state index is 3.45. The molecule has 2 nitrogen and oxygen atoms in total. The van der Waals surface area contributed by atoms with E-state index in [-0.39, 0.29) is 0 Å². The first-order chi connectivity index (χ1) is 8.69. The van der Waals surface area contributed by atoms with Crippen molar-refractivity contribution < 1.29 is 0 Å². The predicted molar refractivity (Wildman–Crippen MR) is 77.6 cm³/mol. The number of fused-ring (bicyclic) bond motifs is 1. The number of nitrogens with one attached hydrogen (secondary N) is 1. The quantitative estimate of drug-likeness (QED) is 0.859. The summed E-state index contributed by atoms with van der Waals surface area (Å²) in [6.07, 6.45) is 2.44. The third-order valence-corrected chi connectivity index (χ3v) is 3.93. The van der Waals surface area contributed by atoms with Gasteiger partial charge in [-0.15, -0.1) is 0 Å². The van der Waals surface area contributed by atoms with Crippen molar-refractivity contribution in [2.24, 2.45) is 5.92 Å². The van der Waals surface area contributed by atoms with Gasteiger partial charge in [0.15, 0.2) is 0 Å². The molecule has 0 fully saturated rings. The normalized spacial score (nSPS) is 16.7. The Morgan fingerprint density at radius 1 is 1.33 bits per heavy atom. The summed E-state index contributed by atoms with van der Waals surface area (Å²) in [5, 5.41) is 3.45. The van der Waals surface area contributed by atoms with E-state index < -0.39 is 0 Å². The zero-order chi connectivity index (χ0) is 13.0. The first-order valence-electron chi connectivity index (χ1n) is 7.19. The van der Waals surface area contributed by atoms with Crippen LogP contribution >= 0.6 is 0 Å². The number of hydrogen-bond donors (Lipinski definition) is 1. The van der Waals surface area contributed by atoms with Gasteiger partial charge in [0.05, 0.1) is 0 Å². The van der Waals surface area contributed by atoms with Gasteiger partial charge in [0.1, 0.15) is 0 Å². The molecular weight excluding hydrogens is 220 g/mol. The highest BCUT2D eigenvalue weighted by Gasteiger charge is 2.10. The Morgan fingerprint density at radius 2 is 2.17 bits per heavy atom. The third-order valence-electron chi connectivity index (χ3n) is 3.93. The van der Waals surface area contributed by atoms with E-state index in [4.69, 9.17) is 0 Å². The fraction of sp³-hybridized carbons (Fsp3) is 0.625. The SMILES string of the molecule is CCC(C)CN(C)Cc1ccc2c(c1)CNCC2. The van der Waals surface area contributed by atoms with E-state index in [9.17, 15) is 0 Å². The lowest BCUT2D eigenvalue weighted by atomic mass is 9.98. The van der Waals surface area contributed by atoms with Crippen LogP contribution < -0.4 is 5.32 Å². The van der Waals surface area contributed by atoms with Crippen LogP contribution in [0.1, 0.15) is 37.0 Å². The zero-order valence-electron chi connectivity index (χ0n) is 12.0. The Labute approximate surface area is 111 Å². The maximum atomic E-state index is 3.45. The molecule has 0 saturated heterocycles. The molecule has 1 atom stereocenters. The summed E-state index contributed by atoms with van der Waals surface area (Å²) < 4.78 is 0. The van der Waals surface area contributed by atoms with E-state index in [2.05, 4.69) is 49.3 Å². The molecule has 1 aliphatic rings. The minimum Gasteiger partial charge on any atom is -0.312 e. The van der Waals surface area contributed by atoms with Gasteiger partial charge in [0, 0.05) is 19.6 Å². The van der Waals surface area contributed by atoms with Crippen molar-refractivity contribution in [1.29, 1.82) is 0 Å². The highest BCUT2D eigenvalue weighted by Crippen LogP contribution is 2.17. The minimum absolute atomic E-state index is 0.786. The fourth-order valence-corrected chi connectivity index (χ4v) is 2.67. The van der Waals surface area contributed by atoms with E-state index in [1.807, 2.05) is 0 Å². The number of nitrogens with zero attached hydrogens (tertiary/aromatic N) is 1. The smallest absolute Gasteiger partial charge is 0.0230 e. The lowest BCUT2D eigenvalue weighted by Crippen LogP contribution is -2.25. The first kappa shape index (κ1) is 13.6. The molecule has 0 spiro atoms. The minimum atomic E-state index is 0.786. The molecule has 1 aliphatic heterocycles. The standard InChI is InChI=1S/C16H26N2/c1-4-13(2)11-18(3)12-14-5-6-15-7-8-17-10-16(15)9-14/h5-6,9,13,17H,4,7-8,10-12H2,1-3H3. The van der Waals surface area contributed by atoms with Crippen molar-refractivity contribution >= 4 is 0 Å². The zero-order valence-corrected chi connectivity index (χ0v) is 12.0. The van der Waals surface area contributed by atoms with Gasteiger partial charge in [0.2, 0.25) is 0 Å². The molecule has 1 aromatic carbocycles. The second-order valence-electron chi connectivity index (χ2n) is 5.74. The molecule has 100 valence electrons. The molecule has 0 amide bonds. The Hall–Kier alpha value is -0.860. The van der Waals surface area contributed by atoms with Crippen molar-refractivity contribution in [1.82, 2.24) is 10.2 Å². The molecule has 0 bridgehead atoms. The lowest BCUT2D eigenvalue weighted by Gasteiger charge is -2.22. The van der Waals surface area contributed by atoms with Crippen LogP contribution in [0.5, 0.6) is 0 Å². The van der Waals surface area contributed by atoms with Crippen LogP contribution in [-0.4, -0.2) is 25.0 Å². The van der Waals surface area contributed by atoms with Crippen molar-refractivity contribution in [3.05, 3.63) is 34.9 Å². The summed E-state index contributed by atoms with van der Waals surface area (Å²) in [5.74, 6) is 0.786. The van der Waals surface area contributed by atoms with Gasteiger partial charge in [-0.05, 0) is 42.6 Å². The van der Waals surface area contributed by atoms with Crippen molar-refractivity contribution in [3.8, 4) is 0 Å². The van der Waals surface area contributed by atoms with Crippen molar-refractivity contribution in [2.45, 2.75) is 39.8 Å². The van der Waals surface area contributed by atoms with Gasteiger partial charge in [-0.1, -0.05) is 38.5 Å². The van der Waals surface area contributed by atoms with Gasteiger partial charge < -0.3 is 10.2 Å². The van der Waals surface area contributed by atoms with Crippen LogP contribution in [0.2, 0.25) is 0 Å². The largest absolute Gasteiger partial charge is 0.312 e. The lowest BCUT2D eigenvalue weighted by molar-refractivity contribution is 0.275. The van der Waals surface area contributed by atoms with Crippen LogP contribution in [0.4, 0.5) is 0 Å². The van der Waals surface area contributed by atoms with E-state index in [1.54, 1.807) is 0 Å². The second-order valence-corrected chi connectivity index (χ2v) is 5.74. The highest BCUT2D eigenvalue weighted by atomic mass is 15.1. The van der Waals surface area contributed by atoms with Crippen LogP contribution in [0, 0.1) is 5.92 Å². The molecule has 0 aliphatic carbocycles. The number of benzene rings is 1. The van der Waals surface area contributed by atoms with Crippen LogP contribution in [0.3, 0.4) is 0 Å². The van der Waals surface area contributed by atoms with Gasteiger partial charge in [0.25, 0.3) is 0 Å². The van der Waals surface area contributed by atoms with E-state index in [1.165, 1.54) is 36.1 Å². The van der Waals surface area contributed by atoms with E-state index >= 15 is 0 Å². The van der Waals surface area contributed by atoms with Crippen LogP contribution in [-0.2, 0) is 19.5 Å². The fourth-order valence-electron chi connectivity index (χ4n) is 2.67. The highest BCUT2D eigenvalue weighted by molar-refractivity contribution is 5.33. The first-order valence-corrected chi connectivity index (χ1v) is 7.19. The van der Waals surface area contributed by atoms with E-state index in [0.717, 1.165) is 25.6 Å². The average Bonchev–Trinajstić information content (AvgIpc) is 2.38. The topological polar surface area (TPSA) is 15.3 Å². The average molecular weight is 246 g/mol. The Bertz CT molecular complexity index is 387. The molecule has 1 unspecified atom stereocenters. The molecule has 18 heavy (non-hydrogen) atoms. The monoisotopic (exact) mass is 246 g/mol. The van der Waals surface area contributed by atoms with Crippen LogP contribution in [0.25, 0.3) is 0 Å². The molecule has 2 rings (SSSR count). The number of hydrogen-bond acceptors (Lipinski definition) is 2. The molecule has 1 heterocycles. The van der Waals surface area contributed by atoms with Crippen molar-refractivity contribution in [2.75, 3.05) is 20.1 Å². The summed E-state index contributed by atoms with van der Waals surface area (Å²) in [6, 6.07) is 7.01. The molecule has 2 heteroatoms. The van der Waals surface area contributed by atoms with E-state index in [0.29, 0.717) is 0 Å². The van der Waals surface area contributed by atoms with Crippen molar-refractivity contribution in [3.63, 3.8) is 0 Å². The van der Waals surface area contributed by atoms with Gasteiger partial charge in [-0.3, -0.25) is 0 Å². The third kappa shape index (κ3) is 3.56. The Morgan fingerprint density at radius 3 is 2.94 bits per heavy atom. The molecule has 0 radical (unpaired) electrons. The summed E-state index contributed by atoms with van der Waals surface area (Å²) in [7, 11) is 2.23. The Balaban J connectivity index is 1.97. The molecule has 1 N–H and O–H groups in total. The van der Waals surface area contributed by atoms with Gasteiger partial charge >= 0.3 is 0 Å². The Kier molecular flexibility index (Phi) is 4.79. The molecule has 0 saturated carbocycles. The summed E-state index contributed by atoms with van der Waals surface area (Å²) >= 11 is 0. The van der Waals surface area contributed by atoms with Gasteiger partial charge in [-0.25, -0.2) is 0 Å². The predicted octanol–water partition coefficient (Wildman–Crippen LogP) is 2.81. The molecule has 1 aromatic rings. The molecular formula is C16H26N2. The second kappa shape index (κ2) is 6.35. The molecule has 0 aromatic heterocycles. The summed E-state index contributed by atoms with van der Waals surface area (Å²) in [5.41, 5.74) is 4.47. The summed E-state index contributed by atoms with van der Waals surface area (Å²) in [6.45, 7) is 9.01. The van der Waals surface area contributed by atoms with Crippen LogP contribution in [0.15, 0.2) is 18.2 Å². The summed E-state index contributed by atoms with van der Waals surface area (Å²) in [4.78, 5) is 2.44. The number of rotatable bonds is 5. The van der Waals surface area contributed by atoms with Gasteiger partial charge in [-0.2, -0.15) is 0 Å².